The molecule has 0 saturated carbocycles. The van der Waals surface area contributed by atoms with E-state index in [9.17, 15) is 9.59 Å². The van der Waals surface area contributed by atoms with Gasteiger partial charge in [0.25, 0.3) is 5.91 Å². The van der Waals surface area contributed by atoms with Gasteiger partial charge in [0.15, 0.2) is 0 Å². The SMILES string of the molecule is Cc1nn(C)c(C)c1-c1cc(C(=O)NCCN2CCNC2=O)n(C)n1. The summed E-state index contributed by atoms with van der Waals surface area (Å²) >= 11 is 0. The first-order valence-corrected chi connectivity index (χ1v) is 8.24. The summed E-state index contributed by atoms with van der Waals surface area (Å²) in [5.74, 6) is -0.208. The predicted octanol–water partition coefficient (Wildman–Crippen LogP) is 0.192. The van der Waals surface area contributed by atoms with Gasteiger partial charge in [0.1, 0.15) is 5.69 Å². The van der Waals surface area contributed by atoms with Crippen LogP contribution >= 0.6 is 0 Å². The highest BCUT2D eigenvalue weighted by molar-refractivity contribution is 5.93. The van der Waals surface area contributed by atoms with Gasteiger partial charge in [0, 0.05) is 51.5 Å². The number of nitrogens with zero attached hydrogens (tertiary/aromatic N) is 5. The van der Waals surface area contributed by atoms with E-state index in [1.807, 2.05) is 20.9 Å². The zero-order valence-electron chi connectivity index (χ0n) is 15.0. The minimum atomic E-state index is -0.208. The summed E-state index contributed by atoms with van der Waals surface area (Å²) in [5, 5.41) is 14.4. The maximum absolute atomic E-state index is 12.4. The molecular weight excluding hydrogens is 322 g/mol. The number of urea groups is 1. The first kappa shape index (κ1) is 17.0. The molecule has 1 fully saturated rings. The van der Waals surface area contributed by atoms with Gasteiger partial charge in [-0.3, -0.25) is 14.2 Å². The molecule has 3 heterocycles. The maximum Gasteiger partial charge on any atom is 0.317 e. The second-order valence-corrected chi connectivity index (χ2v) is 6.18. The van der Waals surface area contributed by atoms with E-state index in [2.05, 4.69) is 20.8 Å². The lowest BCUT2D eigenvalue weighted by Crippen LogP contribution is -2.37. The second kappa shape index (κ2) is 6.58. The van der Waals surface area contributed by atoms with Crippen LogP contribution in [0, 0.1) is 13.8 Å². The van der Waals surface area contributed by atoms with E-state index >= 15 is 0 Å². The summed E-state index contributed by atoms with van der Waals surface area (Å²) in [5.41, 5.74) is 4.04. The van der Waals surface area contributed by atoms with Gasteiger partial charge in [-0.15, -0.1) is 0 Å². The Labute approximate surface area is 146 Å². The molecule has 2 N–H and O–H groups in total. The van der Waals surface area contributed by atoms with E-state index in [1.165, 1.54) is 0 Å². The topological polar surface area (TPSA) is 97.1 Å². The minimum absolute atomic E-state index is 0.0837. The third-order valence-electron chi connectivity index (χ3n) is 4.49. The molecule has 9 heteroatoms. The monoisotopic (exact) mass is 345 g/mol. The number of aryl methyl sites for hydroxylation is 3. The van der Waals surface area contributed by atoms with E-state index in [0.29, 0.717) is 31.9 Å². The van der Waals surface area contributed by atoms with Crippen LogP contribution < -0.4 is 10.6 Å². The van der Waals surface area contributed by atoms with Gasteiger partial charge in [-0.25, -0.2) is 4.79 Å². The van der Waals surface area contributed by atoms with Crippen LogP contribution in [0.1, 0.15) is 21.9 Å². The van der Waals surface area contributed by atoms with Crippen LogP contribution in [-0.4, -0.2) is 62.6 Å². The molecule has 1 aliphatic heterocycles. The van der Waals surface area contributed by atoms with Gasteiger partial charge in [-0.05, 0) is 19.9 Å². The minimum Gasteiger partial charge on any atom is -0.349 e. The number of nitrogens with one attached hydrogen (secondary N) is 2. The first-order chi connectivity index (χ1) is 11.9. The zero-order valence-corrected chi connectivity index (χ0v) is 15.0. The molecule has 2 aromatic rings. The van der Waals surface area contributed by atoms with Crippen molar-refractivity contribution in [2.75, 3.05) is 26.2 Å². The summed E-state index contributed by atoms with van der Waals surface area (Å²) in [6.45, 7) is 6.12. The third-order valence-corrected chi connectivity index (χ3v) is 4.49. The predicted molar refractivity (Wildman–Crippen MR) is 92.2 cm³/mol. The molecule has 0 bridgehead atoms. The molecule has 0 radical (unpaired) electrons. The van der Waals surface area contributed by atoms with Crippen molar-refractivity contribution in [2.45, 2.75) is 13.8 Å². The van der Waals surface area contributed by atoms with Crippen molar-refractivity contribution in [2.24, 2.45) is 14.1 Å². The third kappa shape index (κ3) is 3.21. The van der Waals surface area contributed by atoms with Crippen LogP contribution in [0.15, 0.2) is 6.07 Å². The van der Waals surface area contributed by atoms with Crippen molar-refractivity contribution in [3.8, 4) is 11.3 Å². The Morgan fingerprint density at radius 2 is 2.04 bits per heavy atom. The van der Waals surface area contributed by atoms with Crippen molar-refractivity contribution < 1.29 is 9.59 Å². The Morgan fingerprint density at radius 1 is 1.28 bits per heavy atom. The molecule has 3 amide bonds. The number of amides is 3. The molecule has 2 aromatic heterocycles. The van der Waals surface area contributed by atoms with E-state index in [4.69, 9.17) is 0 Å². The first-order valence-electron chi connectivity index (χ1n) is 8.24. The van der Waals surface area contributed by atoms with Gasteiger partial charge >= 0.3 is 6.03 Å². The van der Waals surface area contributed by atoms with E-state index in [1.54, 1.807) is 27.4 Å². The molecule has 0 unspecified atom stereocenters. The molecule has 1 saturated heterocycles. The molecule has 25 heavy (non-hydrogen) atoms. The summed E-state index contributed by atoms with van der Waals surface area (Å²) in [6, 6.07) is 1.69. The van der Waals surface area contributed by atoms with Crippen molar-refractivity contribution in [1.82, 2.24) is 35.1 Å². The molecule has 1 aliphatic rings. The van der Waals surface area contributed by atoms with E-state index in [-0.39, 0.29) is 11.9 Å². The highest BCUT2D eigenvalue weighted by Crippen LogP contribution is 2.25. The Hall–Kier alpha value is -2.84. The van der Waals surface area contributed by atoms with Crippen molar-refractivity contribution in [3.63, 3.8) is 0 Å². The van der Waals surface area contributed by atoms with Crippen LogP contribution in [0.5, 0.6) is 0 Å². The smallest absolute Gasteiger partial charge is 0.317 e. The zero-order chi connectivity index (χ0) is 18.1. The number of carbonyl (C=O) groups is 2. The standard InChI is InChI=1S/C16H23N7O2/c1-10-14(11(2)21(3)19-10)12-9-13(22(4)20-12)15(24)17-5-7-23-8-6-18-16(23)25/h9H,5-8H2,1-4H3,(H,17,24)(H,18,25). The van der Waals surface area contributed by atoms with Crippen LogP contribution in [0.2, 0.25) is 0 Å². The highest BCUT2D eigenvalue weighted by Gasteiger charge is 2.21. The molecule has 0 spiro atoms. The molecule has 0 aliphatic carbocycles. The van der Waals surface area contributed by atoms with Gasteiger partial charge in [0.05, 0.1) is 11.4 Å². The lowest BCUT2D eigenvalue weighted by atomic mass is 10.1. The number of aromatic nitrogens is 4. The molecule has 0 atom stereocenters. The quantitative estimate of drug-likeness (QED) is 0.808. The summed E-state index contributed by atoms with van der Waals surface area (Å²) in [4.78, 5) is 25.6. The molecule has 3 rings (SSSR count). The van der Waals surface area contributed by atoms with Crippen molar-refractivity contribution in [1.29, 1.82) is 0 Å². The lowest BCUT2D eigenvalue weighted by Gasteiger charge is -2.14. The van der Waals surface area contributed by atoms with Crippen LogP contribution in [-0.2, 0) is 14.1 Å². The maximum atomic E-state index is 12.4. The summed E-state index contributed by atoms with van der Waals surface area (Å²) in [7, 11) is 3.63. The number of hydrogen-bond acceptors (Lipinski definition) is 4. The fourth-order valence-corrected chi connectivity index (χ4v) is 3.07. The van der Waals surface area contributed by atoms with Crippen LogP contribution in [0.3, 0.4) is 0 Å². The molecule has 134 valence electrons. The average Bonchev–Trinajstić information content (AvgIpc) is 3.19. The van der Waals surface area contributed by atoms with Crippen LogP contribution in [0.25, 0.3) is 11.3 Å². The fraction of sp³-hybridized carbons (Fsp3) is 0.500. The van der Waals surface area contributed by atoms with Crippen molar-refractivity contribution >= 4 is 11.9 Å². The van der Waals surface area contributed by atoms with E-state index in [0.717, 1.165) is 22.6 Å². The summed E-state index contributed by atoms with van der Waals surface area (Å²) < 4.78 is 3.37. The Bertz CT molecular complexity index is 821. The fourth-order valence-electron chi connectivity index (χ4n) is 3.07. The number of rotatable bonds is 5. The van der Waals surface area contributed by atoms with E-state index < -0.39 is 0 Å². The van der Waals surface area contributed by atoms with Gasteiger partial charge in [-0.1, -0.05) is 0 Å². The molecule has 0 aromatic carbocycles. The number of carbonyl (C=O) groups excluding carboxylic acids is 2. The molecular formula is C16H23N7O2. The average molecular weight is 345 g/mol. The largest absolute Gasteiger partial charge is 0.349 e. The van der Waals surface area contributed by atoms with Crippen LogP contribution in [0.4, 0.5) is 4.79 Å². The summed E-state index contributed by atoms with van der Waals surface area (Å²) in [6.07, 6.45) is 0. The Balaban J connectivity index is 1.69. The van der Waals surface area contributed by atoms with Gasteiger partial charge < -0.3 is 15.5 Å². The molecule has 9 nitrogen and oxygen atoms in total. The highest BCUT2D eigenvalue weighted by atomic mass is 16.2. The Kier molecular flexibility index (Phi) is 4.47. The van der Waals surface area contributed by atoms with Gasteiger partial charge in [-0.2, -0.15) is 10.2 Å². The van der Waals surface area contributed by atoms with Gasteiger partial charge in [0.2, 0.25) is 0 Å². The van der Waals surface area contributed by atoms with Crippen molar-refractivity contribution in [3.05, 3.63) is 23.1 Å². The normalized spacial score (nSPS) is 14.1. The Morgan fingerprint density at radius 3 is 2.64 bits per heavy atom. The number of hydrogen-bond donors (Lipinski definition) is 2. The second-order valence-electron chi connectivity index (χ2n) is 6.18. The lowest BCUT2D eigenvalue weighted by molar-refractivity contribution is 0.0941.